The molecule has 1 aliphatic heterocycles. The quantitative estimate of drug-likeness (QED) is 0.438. The van der Waals surface area contributed by atoms with Gasteiger partial charge < -0.3 is 5.32 Å². The van der Waals surface area contributed by atoms with Gasteiger partial charge in [-0.05, 0) is 40.8 Å². The number of carbonyl (C=O) groups excluding carboxylic acids is 2. The molecule has 0 bridgehead atoms. The first-order valence-electron chi connectivity index (χ1n) is 8.84. The maximum absolute atomic E-state index is 12.6. The Kier molecular flexibility index (Phi) is 5.89. The molecule has 1 fully saturated rings. The molecule has 1 aliphatic rings. The van der Waals surface area contributed by atoms with E-state index in [9.17, 15) is 9.59 Å². The Morgan fingerprint density at radius 1 is 1.00 bits per heavy atom. The lowest BCUT2D eigenvalue weighted by atomic mass is 10.1. The van der Waals surface area contributed by atoms with Crippen LogP contribution in [0.3, 0.4) is 0 Å². The predicted molar refractivity (Wildman–Crippen MR) is 125 cm³/mol. The molecule has 0 spiro atoms. The van der Waals surface area contributed by atoms with E-state index in [1.807, 2.05) is 78.2 Å². The Morgan fingerprint density at radius 2 is 1.72 bits per heavy atom. The smallest absolute Gasteiger partial charge is 0.266 e. The number of carbonyl (C=O) groups is 2. The Labute approximate surface area is 182 Å². The second-order valence-corrected chi connectivity index (χ2v) is 8.93. The van der Waals surface area contributed by atoms with Crippen LogP contribution in [-0.4, -0.2) is 27.6 Å². The average molecular weight is 437 g/mol. The van der Waals surface area contributed by atoms with Gasteiger partial charge in [-0.1, -0.05) is 72.5 Å². The minimum absolute atomic E-state index is 0.104. The minimum Gasteiger partial charge on any atom is -0.325 e. The molecule has 2 heterocycles. The highest BCUT2D eigenvalue weighted by atomic mass is 32.2. The van der Waals surface area contributed by atoms with E-state index in [-0.39, 0.29) is 18.4 Å². The van der Waals surface area contributed by atoms with E-state index in [0.717, 1.165) is 16.0 Å². The van der Waals surface area contributed by atoms with Gasteiger partial charge in [-0.15, -0.1) is 11.3 Å². The molecule has 0 unspecified atom stereocenters. The third-order valence-electron chi connectivity index (χ3n) is 4.27. The standard InChI is InChI=1S/C22H16N2O2S3/c25-20(23-17-10-8-16(9-11-17)15-5-2-1-3-6-15)14-24-21(26)19(29-22(24)27)13-18-7-4-12-28-18/h1-13H,14H2,(H,23,25). The molecule has 4 rings (SSSR count). The normalized spacial score (nSPS) is 15.2. The molecule has 3 aromatic rings. The van der Waals surface area contributed by atoms with Crippen molar-refractivity contribution in [2.45, 2.75) is 0 Å². The summed E-state index contributed by atoms with van der Waals surface area (Å²) in [4.78, 5) is 27.9. The van der Waals surface area contributed by atoms with Gasteiger partial charge in [0.1, 0.15) is 10.9 Å². The maximum atomic E-state index is 12.6. The highest BCUT2D eigenvalue weighted by Gasteiger charge is 2.33. The summed E-state index contributed by atoms with van der Waals surface area (Å²) in [5.74, 6) is -0.519. The number of nitrogens with zero attached hydrogens (tertiary/aromatic N) is 1. The van der Waals surface area contributed by atoms with Crippen LogP contribution in [0.15, 0.2) is 77.0 Å². The molecule has 4 nitrogen and oxygen atoms in total. The Hall–Kier alpha value is -2.74. The van der Waals surface area contributed by atoms with E-state index in [2.05, 4.69) is 5.32 Å². The van der Waals surface area contributed by atoms with Crippen molar-refractivity contribution in [3.63, 3.8) is 0 Å². The van der Waals surface area contributed by atoms with Gasteiger partial charge in [0.05, 0.1) is 4.91 Å². The summed E-state index contributed by atoms with van der Waals surface area (Å²) in [6.07, 6.45) is 1.81. The van der Waals surface area contributed by atoms with Crippen LogP contribution in [0.5, 0.6) is 0 Å². The van der Waals surface area contributed by atoms with Crippen molar-refractivity contribution in [3.05, 3.63) is 81.9 Å². The Morgan fingerprint density at radius 3 is 2.41 bits per heavy atom. The molecular weight excluding hydrogens is 420 g/mol. The molecule has 1 aromatic heterocycles. The highest BCUT2D eigenvalue weighted by Crippen LogP contribution is 2.33. The van der Waals surface area contributed by atoms with Crippen molar-refractivity contribution in [2.75, 3.05) is 11.9 Å². The maximum Gasteiger partial charge on any atom is 0.266 e. The van der Waals surface area contributed by atoms with E-state index in [0.29, 0.717) is 14.9 Å². The summed E-state index contributed by atoms with van der Waals surface area (Å²) < 4.78 is 0.396. The molecule has 0 atom stereocenters. The van der Waals surface area contributed by atoms with Crippen LogP contribution in [0.25, 0.3) is 17.2 Å². The molecule has 1 saturated heterocycles. The molecule has 7 heteroatoms. The van der Waals surface area contributed by atoms with E-state index in [1.165, 1.54) is 16.7 Å². The lowest BCUT2D eigenvalue weighted by molar-refractivity contribution is -0.126. The third kappa shape index (κ3) is 4.64. The number of benzene rings is 2. The Bertz CT molecular complexity index is 1080. The molecule has 0 aliphatic carbocycles. The van der Waals surface area contributed by atoms with E-state index >= 15 is 0 Å². The van der Waals surface area contributed by atoms with Gasteiger partial charge in [0, 0.05) is 10.6 Å². The lowest BCUT2D eigenvalue weighted by Crippen LogP contribution is -2.36. The lowest BCUT2D eigenvalue weighted by Gasteiger charge is -2.14. The van der Waals surface area contributed by atoms with Gasteiger partial charge in [0.15, 0.2) is 0 Å². The SMILES string of the molecule is O=C(CN1C(=O)C(=Cc2cccs2)SC1=S)Nc1ccc(-c2ccccc2)cc1. The second kappa shape index (κ2) is 8.73. The largest absolute Gasteiger partial charge is 0.325 e. The van der Waals surface area contributed by atoms with E-state index < -0.39 is 0 Å². The van der Waals surface area contributed by atoms with Crippen LogP contribution in [0.2, 0.25) is 0 Å². The number of nitrogens with one attached hydrogen (secondary N) is 1. The minimum atomic E-state index is -0.286. The monoisotopic (exact) mass is 436 g/mol. The molecule has 2 amide bonds. The van der Waals surface area contributed by atoms with Crippen LogP contribution in [-0.2, 0) is 9.59 Å². The van der Waals surface area contributed by atoms with Crippen LogP contribution in [0.4, 0.5) is 5.69 Å². The average Bonchev–Trinajstić information content (AvgIpc) is 3.33. The summed E-state index contributed by atoms with van der Waals surface area (Å²) in [7, 11) is 0. The topological polar surface area (TPSA) is 49.4 Å². The molecular formula is C22H16N2O2S3. The molecule has 144 valence electrons. The number of thioether (sulfide) groups is 1. The van der Waals surface area contributed by atoms with Gasteiger partial charge >= 0.3 is 0 Å². The van der Waals surface area contributed by atoms with Gasteiger partial charge in [-0.2, -0.15) is 0 Å². The molecule has 2 aromatic carbocycles. The number of anilines is 1. The third-order valence-corrected chi connectivity index (χ3v) is 6.46. The summed E-state index contributed by atoms with van der Waals surface area (Å²) >= 11 is 8.07. The summed E-state index contributed by atoms with van der Waals surface area (Å²) in [5.41, 5.74) is 2.86. The van der Waals surface area contributed by atoms with Crippen molar-refractivity contribution in [1.29, 1.82) is 0 Å². The van der Waals surface area contributed by atoms with E-state index in [4.69, 9.17) is 12.2 Å². The van der Waals surface area contributed by atoms with Gasteiger partial charge in [-0.3, -0.25) is 14.5 Å². The van der Waals surface area contributed by atoms with Crippen molar-refractivity contribution in [2.24, 2.45) is 0 Å². The zero-order chi connectivity index (χ0) is 20.2. The number of thiocarbonyl (C=S) groups is 1. The summed E-state index contributed by atoms with van der Waals surface area (Å²) in [5, 5.41) is 4.78. The fourth-order valence-electron chi connectivity index (χ4n) is 2.86. The summed E-state index contributed by atoms with van der Waals surface area (Å²) in [6.45, 7) is -0.104. The Balaban J connectivity index is 1.39. The number of hydrogen-bond donors (Lipinski definition) is 1. The molecule has 1 N–H and O–H groups in total. The number of hydrogen-bond acceptors (Lipinski definition) is 5. The molecule has 0 saturated carbocycles. The first kappa shape index (κ1) is 19.6. The van der Waals surface area contributed by atoms with Gasteiger partial charge in [-0.25, -0.2) is 0 Å². The predicted octanol–water partition coefficient (Wildman–Crippen LogP) is 5.26. The van der Waals surface area contributed by atoms with Crippen molar-refractivity contribution < 1.29 is 9.59 Å². The first-order valence-corrected chi connectivity index (χ1v) is 10.9. The second-order valence-electron chi connectivity index (χ2n) is 6.27. The fourth-order valence-corrected chi connectivity index (χ4v) is 4.84. The van der Waals surface area contributed by atoms with Gasteiger partial charge in [0.25, 0.3) is 5.91 Å². The zero-order valence-electron chi connectivity index (χ0n) is 15.2. The van der Waals surface area contributed by atoms with Crippen LogP contribution in [0.1, 0.15) is 4.88 Å². The number of rotatable bonds is 5. The highest BCUT2D eigenvalue weighted by molar-refractivity contribution is 8.26. The van der Waals surface area contributed by atoms with Gasteiger partial charge in [0.2, 0.25) is 5.91 Å². The first-order chi connectivity index (χ1) is 14.1. The van der Waals surface area contributed by atoms with Crippen molar-refractivity contribution in [3.8, 4) is 11.1 Å². The number of thiophene rings is 1. The van der Waals surface area contributed by atoms with E-state index in [1.54, 1.807) is 11.3 Å². The zero-order valence-corrected chi connectivity index (χ0v) is 17.7. The molecule has 0 radical (unpaired) electrons. The van der Waals surface area contributed by atoms with Crippen LogP contribution >= 0.6 is 35.3 Å². The van der Waals surface area contributed by atoms with Crippen molar-refractivity contribution >= 4 is 63.2 Å². The summed E-state index contributed by atoms with van der Waals surface area (Å²) in [6, 6.07) is 21.5. The van der Waals surface area contributed by atoms with Crippen LogP contribution < -0.4 is 5.32 Å². The molecule has 29 heavy (non-hydrogen) atoms. The fraction of sp³-hybridized carbons (Fsp3) is 0.0455. The van der Waals surface area contributed by atoms with Crippen LogP contribution in [0, 0.1) is 0 Å². The number of amides is 2. The van der Waals surface area contributed by atoms with Crippen molar-refractivity contribution in [1.82, 2.24) is 4.90 Å².